The lowest BCUT2D eigenvalue weighted by Crippen LogP contribution is -2.47. The predicted molar refractivity (Wildman–Crippen MR) is 107 cm³/mol. The van der Waals surface area contributed by atoms with Crippen LogP contribution in [0.5, 0.6) is 5.75 Å². The molecule has 7 heteroatoms. The van der Waals surface area contributed by atoms with E-state index in [1.165, 1.54) is 5.69 Å². The van der Waals surface area contributed by atoms with Crippen molar-refractivity contribution in [3.63, 3.8) is 0 Å². The van der Waals surface area contributed by atoms with Gasteiger partial charge >= 0.3 is 0 Å². The van der Waals surface area contributed by atoms with Gasteiger partial charge < -0.3 is 15.0 Å². The Balaban J connectivity index is 1.33. The van der Waals surface area contributed by atoms with Crippen LogP contribution in [0.2, 0.25) is 0 Å². The molecular weight excluding hydrogens is 342 g/mol. The van der Waals surface area contributed by atoms with E-state index in [-0.39, 0.29) is 5.56 Å². The summed E-state index contributed by atoms with van der Waals surface area (Å²) < 4.78 is 5.23. The molecule has 27 heavy (non-hydrogen) atoms. The molecule has 7 nitrogen and oxygen atoms in total. The van der Waals surface area contributed by atoms with Crippen LogP contribution in [0.3, 0.4) is 0 Å². The van der Waals surface area contributed by atoms with Gasteiger partial charge in [-0.3, -0.25) is 9.69 Å². The molecule has 0 atom stereocenters. The molecule has 2 aliphatic heterocycles. The first kappa shape index (κ1) is 17.9. The summed E-state index contributed by atoms with van der Waals surface area (Å²) in [6.07, 6.45) is 2.70. The smallest absolute Gasteiger partial charge is 0.269 e. The minimum Gasteiger partial charge on any atom is -0.497 e. The third kappa shape index (κ3) is 3.93. The number of benzene rings is 1. The van der Waals surface area contributed by atoms with E-state index in [4.69, 9.17) is 4.74 Å². The molecule has 0 amide bonds. The average Bonchev–Trinajstić information content (AvgIpc) is 2.74. The molecule has 1 aromatic heterocycles. The van der Waals surface area contributed by atoms with Crippen LogP contribution in [-0.2, 0) is 12.8 Å². The molecule has 2 aliphatic rings. The lowest BCUT2D eigenvalue weighted by Gasteiger charge is -2.36. The van der Waals surface area contributed by atoms with Crippen LogP contribution >= 0.6 is 0 Å². The maximum atomic E-state index is 12.0. The number of aromatic amines is 1. The number of anilines is 2. The predicted octanol–water partition coefficient (Wildman–Crippen LogP) is 1.50. The van der Waals surface area contributed by atoms with Crippen LogP contribution in [0.4, 0.5) is 11.4 Å². The van der Waals surface area contributed by atoms with E-state index >= 15 is 0 Å². The Morgan fingerprint density at radius 1 is 1.15 bits per heavy atom. The van der Waals surface area contributed by atoms with Crippen LogP contribution in [0.15, 0.2) is 29.1 Å². The number of nitrogens with zero attached hydrogens (tertiary/aromatic N) is 3. The summed E-state index contributed by atoms with van der Waals surface area (Å²) in [4.78, 5) is 16.8. The van der Waals surface area contributed by atoms with Crippen LogP contribution in [0.25, 0.3) is 0 Å². The van der Waals surface area contributed by atoms with Gasteiger partial charge in [-0.05, 0) is 37.1 Å². The quantitative estimate of drug-likeness (QED) is 0.832. The highest BCUT2D eigenvalue weighted by atomic mass is 16.5. The number of ether oxygens (including phenoxy) is 1. The molecule has 0 unspecified atom stereocenters. The summed E-state index contributed by atoms with van der Waals surface area (Å²) in [5.74, 6) is 0.891. The molecular formula is C20H27N5O2. The van der Waals surface area contributed by atoms with Crippen molar-refractivity contribution in [2.45, 2.75) is 19.3 Å². The van der Waals surface area contributed by atoms with E-state index in [0.717, 1.165) is 81.2 Å². The standard InChI is InChI=1S/C20H27N5O2/c1-27-16-6-4-15(5-7-16)25-13-11-24(12-14-25)10-8-18-19-17(3-2-9-21-19)20(26)23-22-18/h4-7,21H,2-3,8-14H2,1H3,(H,23,26). The number of methoxy groups -OCH3 is 1. The van der Waals surface area contributed by atoms with Gasteiger partial charge in [-0.2, -0.15) is 5.10 Å². The zero-order valence-corrected chi connectivity index (χ0v) is 15.8. The monoisotopic (exact) mass is 369 g/mol. The topological polar surface area (TPSA) is 73.5 Å². The molecule has 144 valence electrons. The Hall–Kier alpha value is -2.54. The van der Waals surface area contributed by atoms with Gasteiger partial charge in [0.2, 0.25) is 0 Å². The molecule has 0 spiro atoms. The molecule has 0 saturated carbocycles. The summed E-state index contributed by atoms with van der Waals surface area (Å²) in [7, 11) is 1.69. The summed E-state index contributed by atoms with van der Waals surface area (Å²) in [5, 5.41) is 10.4. The van der Waals surface area contributed by atoms with E-state index in [2.05, 4.69) is 37.4 Å². The first-order valence-electron chi connectivity index (χ1n) is 9.70. The molecule has 2 N–H and O–H groups in total. The minimum absolute atomic E-state index is 0.0472. The van der Waals surface area contributed by atoms with Crippen molar-refractivity contribution in [1.29, 1.82) is 0 Å². The van der Waals surface area contributed by atoms with Crippen molar-refractivity contribution in [1.82, 2.24) is 15.1 Å². The lowest BCUT2D eigenvalue weighted by molar-refractivity contribution is 0.260. The van der Waals surface area contributed by atoms with E-state index in [1.54, 1.807) is 7.11 Å². The van der Waals surface area contributed by atoms with Gasteiger partial charge in [0.15, 0.2) is 0 Å². The molecule has 1 aromatic carbocycles. The number of fused-ring (bicyclic) bond motifs is 1. The Morgan fingerprint density at radius 2 is 1.93 bits per heavy atom. The van der Waals surface area contributed by atoms with Gasteiger partial charge in [-0.1, -0.05) is 0 Å². The second kappa shape index (κ2) is 8.00. The fourth-order valence-electron chi connectivity index (χ4n) is 3.92. The number of hydrogen-bond donors (Lipinski definition) is 2. The van der Waals surface area contributed by atoms with Crippen LogP contribution in [0, 0.1) is 0 Å². The Labute approximate surface area is 159 Å². The third-order valence-electron chi connectivity index (χ3n) is 5.54. The highest BCUT2D eigenvalue weighted by molar-refractivity contribution is 5.55. The maximum absolute atomic E-state index is 12.0. The molecule has 2 aromatic rings. The summed E-state index contributed by atoms with van der Waals surface area (Å²) >= 11 is 0. The molecule has 1 fully saturated rings. The lowest BCUT2D eigenvalue weighted by atomic mass is 10.0. The van der Waals surface area contributed by atoms with E-state index in [0.29, 0.717) is 0 Å². The number of H-pyrrole nitrogens is 1. The maximum Gasteiger partial charge on any atom is 0.269 e. The molecule has 1 saturated heterocycles. The normalized spacial score (nSPS) is 17.3. The van der Waals surface area contributed by atoms with Gasteiger partial charge in [0.05, 0.1) is 18.5 Å². The number of nitrogens with one attached hydrogen (secondary N) is 2. The first-order valence-corrected chi connectivity index (χ1v) is 9.70. The van der Waals surface area contributed by atoms with Gasteiger partial charge in [0.25, 0.3) is 5.56 Å². The molecule has 0 aliphatic carbocycles. The Kier molecular flexibility index (Phi) is 5.29. The van der Waals surface area contributed by atoms with E-state index in [1.807, 2.05) is 12.1 Å². The van der Waals surface area contributed by atoms with Gasteiger partial charge in [0, 0.05) is 56.9 Å². The van der Waals surface area contributed by atoms with Gasteiger partial charge in [-0.15, -0.1) is 0 Å². The molecule has 3 heterocycles. The zero-order chi connectivity index (χ0) is 18.6. The SMILES string of the molecule is COc1ccc(N2CCN(CCc3n[nH]c(=O)c4c3NCCC4)CC2)cc1. The summed E-state index contributed by atoms with van der Waals surface area (Å²) in [6, 6.07) is 8.27. The molecule has 4 rings (SSSR count). The highest BCUT2D eigenvalue weighted by Crippen LogP contribution is 2.23. The Morgan fingerprint density at radius 3 is 2.67 bits per heavy atom. The average molecular weight is 369 g/mol. The second-order valence-corrected chi connectivity index (χ2v) is 7.16. The first-order chi connectivity index (χ1) is 13.2. The van der Waals surface area contributed by atoms with Crippen molar-refractivity contribution < 1.29 is 4.74 Å². The van der Waals surface area contributed by atoms with Crippen molar-refractivity contribution >= 4 is 11.4 Å². The fourth-order valence-corrected chi connectivity index (χ4v) is 3.92. The number of aromatic nitrogens is 2. The van der Waals surface area contributed by atoms with Crippen LogP contribution in [0.1, 0.15) is 17.7 Å². The van der Waals surface area contributed by atoms with E-state index < -0.39 is 0 Å². The van der Waals surface area contributed by atoms with E-state index in [9.17, 15) is 4.79 Å². The van der Waals surface area contributed by atoms with Crippen molar-refractivity contribution in [2.24, 2.45) is 0 Å². The molecule has 0 radical (unpaired) electrons. The zero-order valence-electron chi connectivity index (χ0n) is 15.8. The van der Waals surface area contributed by atoms with Crippen LogP contribution in [-0.4, -0.2) is 61.5 Å². The van der Waals surface area contributed by atoms with Crippen molar-refractivity contribution in [3.05, 3.63) is 45.9 Å². The number of hydrogen-bond acceptors (Lipinski definition) is 6. The summed E-state index contributed by atoms with van der Waals surface area (Å²) in [6.45, 7) is 5.98. The second-order valence-electron chi connectivity index (χ2n) is 7.16. The van der Waals surface area contributed by atoms with Crippen molar-refractivity contribution in [3.8, 4) is 5.75 Å². The number of rotatable bonds is 5. The number of piperazine rings is 1. The van der Waals surface area contributed by atoms with Gasteiger partial charge in [-0.25, -0.2) is 5.10 Å². The van der Waals surface area contributed by atoms with Crippen molar-refractivity contribution in [2.75, 3.05) is 56.6 Å². The van der Waals surface area contributed by atoms with Gasteiger partial charge in [0.1, 0.15) is 5.75 Å². The Bertz CT molecular complexity index is 825. The minimum atomic E-state index is -0.0472. The largest absolute Gasteiger partial charge is 0.497 e. The third-order valence-corrected chi connectivity index (χ3v) is 5.54. The van der Waals surface area contributed by atoms with Crippen LogP contribution < -0.4 is 20.5 Å². The fraction of sp³-hybridized carbons (Fsp3) is 0.500. The highest BCUT2D eigenvalue weighted by Gasteiger charge is 2.20. The summed E-state index contributed by atoms with van der Waals surface area (Å²) in [5.41, 5.74) is 4.03. The molecule has 0 bridgehead atoms.